The number of carbonyl (C=O) groups excluding carboxylic acids is 1. The molecule has 0 aliphatic heterocycles. The molecule has 1 aliphatic rings. The summed E-state index contributed by atoms with van der Waals surface area (Å²) < 4.78 is 0. The van der Waals surface area contributed by atoms with Crippen molar-refractivity contribution in [3.8, 4) is 6.07 Å². The van der Waals surface area contributed by atoms with E-state index < -0.39 is 5.92 Å². The first kappa shape index (κ1) is 11.0. The molecule has 1 fully saturated rings. The van der Waals surface area contributed by atoms with Gasteiger partial charge in [-0.1, -0.05) is 20.3 Å². The van der Waals surface area contributed by atoms with E-state index in [0.717, 1.165) is 12.8 Å². The quantitative estimate of drug-likeness (QED) is 0.729. The molecule has 0 bridgehead atoms. The summed E-state index contributed by atoms with van der Waals surface area (Å²) in [6.45, 7) is 5.97. The van der Waals surface area contributed by atoms with Crippen LogP contribution in [-0.4, -0.2) is 11.9 Å². The van der Waals surface area contributed by atoms with Crippen LogP contribution in [0.4, 0.5) is 0 Å². The van der Waals surface area contributed by atoms with E-state index >= 15 is 0 Å². The highest BCUT2D eigenvalue weighted by Gasteiger charge is 2.35. The minimum atomic E-state index is -0.536. The third-order valence-electron chi connectivity index (χ3n) is 3.16. The van der Waals surface area contributed by atoms with Gasteiger partial charge in [-0.3, -0.25) is 4.79 Å². The molecule has 1 amide bonds. The average molecular weight is 194 g/mol. The van der Waals surface area contributed by atoms with E-state index in [2.05, 4.69) is 19.2 Å². The van der Waals surface area contributed by atoms with Gasteiger partial charge in [-0.15, -0.1) is 0 Å². The van der Waals surface area contributed by atoms with Crippen LogP contribution in [0.3, 0.4) is 0 Å². The predicted molar refractivity (Wildman–Crippen MR) is 54.3 cm³/mol. The summed E-state index contributed by atoms with van der Waals surface area (Å²) in [5, 5.41) is 11.6. The Bertz CT molecular complexity index is 265. The van der Waals surface area contributed by atoms with Gasteiger partial charge < -0.3 is 5.32 Å². The van der Waals surface area contributed by atoms with Crippen molar-refractivity contribution in [1.29, 1.82) is 5.26 Å². The maximum atomic E-state index is 11.5. The molecule has 0 aromatic rings. The van der Waals surface area contributed by atoms with Gasteiger partial charge in [0.15, 0.2) is 0 Å². The number of hydrogen-bond acceptors (Lipinski definition) is 2. The average Bonchev–Trinajstić information content (AvgIpc) is 2.44. The van der Waals surface area contributed by atoms with Gasteiger partial charge in [0.05, 0.1) is 6.07 Å². The normalized spacial score (nSPS) is 26.6. The first-order valence-corrected chi connectivity index (χ1v) is 5.17. The number of rotatable bonds is 2. The van der Waals surface area contributed by atoms with Crippen LogP contribution in [0.1, 0.15) is 40.0 Å². The van der Waals surface area contributed by atoms with Crippen molar-refractivity contribution >= 4 is 5.91 Å². The third-order valence-corrected chi connectivity index (χ3v) is 3.16. The predicted octanol–water partition coefficient (Wildman–Crippen LogP) is 1.84. The molecular weight excluding hydrogens is 176 g/mol. The molecule has 2 atom stereocenters. The molecule has 1 N–H and O–H groups in total. The van der Waals surface area contributed by atoms with E-state index in [1.807, 2.05) is 6.07 Å². The maximum Gasteiger partial charge on any atom is 0.237 e. The molecule has 1 saturated carbocycles. The Morgan fingerprint density at radius 3 is 2.71 bits per heavy atom. The molecule has 1 aliphatic carbocycles. The van der Waals surface area contributed by atoms with Gasteiger partial charge in [0, 0.05) is 6.04 Å². The second kappa shape index (κ2) is 4.00. The maximum absolute atomic E-state index is 11.5. The van der Waals surface area contributed by atoms with E-state index in [-0.39, 0.29) is 17.4 Å². The van der Waals surface area contributed by atoms with Crippen molar-refractivity contribution in [3.05, 3.63) is 0 Å². The van der Waals surface area contributed by atoms with Crippen LogP contribution >= 0.6 is 0 Å². The van der Waals surface area contributed by atoms with E-state index in [4.69, 9.17) is 5.26 Å². The fourth-order valence-corrected chi connectivity index (χ4v) is 1.95. The molecule has 2 unspecified atom stereocenters. The highest BCUT2D eigenvalue weighted by molar-refractivity contribution is 5.81. The molecule has 14 heavy (non-hydrogen) atoms. The van der Waals surface area contributed by atoms with Crippen LogP contribution in [0.5, 0.6) is 0 Å². The first-order chi connectivity index (χ1) is 6.47. The minimum absolute atomic E-state index is 0.132. The van der Waals surface area contributed by atoms with Crippen molar-refractivity contribution in [2.24, 2.45) is 11.3 Å². The molecule has 3 nitrogen and oxygen atoms in total. The zero-order chi connectivity index (χ0) is 10.8. The van der Waals surface area contributed by atoms with Gasteiger partial charge in [-0.25, -0.2) is 0 Å². The molecule has 3 heteroatoms. The van der Waals surface area contributed by atoms with Crippen molar-refractivity contribution in [1.82, 2.24) is 5.32 Å². The van der Waals surface area contributed by atoms with Crippen molar-refractivity contribution in [2.75, 3.05) is 0 Å². The minimum Gasteiger partial charge on any atom is -0.352 e. The lowest BCUT2D eigenvalue weighted by Gasteiger charge is -2.28. The number of carbonyl (C=O) groups is 1. The van der Waals surface area contributed by atoms with Crippen molar-refractivity contribution < 1.29 is 4.79 Å². The zero-order valence-electron chi connectivity index (χ0n) is 9.13. The van der Waals surface area contributed by atoms with Gasteiger partial charge in [0.25, 0.3) is 0 Å². The summed E-state index contributed by atoms with van der Waals surface area (Å²) in [4.78, 5) is 11.5. The van der Waals surface area contributed by atoms with Crippen LogP contribution in [0.2, 0.25) is 0 Å². The Morgan fingerprint density at radius 1 is 1.64 bits per heavy atom. The summed E-state index contributed by atoms with van der Waals surface area (Å²) in [5.74, 6) is -0.668. The molecule has 0 heterocycles. The largest absolute Gasteiger partial charge is 0.352 e. The number of amides is 1. The summed E-state index contributed by atoms with van der Waals surface area (Å²) in [6, 6.07) is 2.20. The summed E-state index contributed by atoms with van der Waals surface area (Å²) in [7, 11) is 0. The Balaban J connectivity index is 2.53. The molecule has 78 valence electrons. The van der Waals surface area contributed by atoms with E-state index in [0.29, 0.717) is 0 Å². The van der Waals surface area contributed by atoms with Gasteiger partial charge in [-0.05, 0) is 25.2 Å². The van der Waals surface area contributed by atoms with Crippen LogP contribution in [0.15, 0.2) is 0 Å². The van der Waals surface area contributed by atoms with Gasteiger partial charge in [0.2, 0.25) is 5.91 Å². The molecule has 0 radical (unpaired) electrons. The van der Waals surface area contributed by atoms with Gasteiger partial charge in [0.1, 0.15) is 5.92 Å². The fourth-order valence-electron chi connectivity index (χ4n) is 1.95. The number of hydrogen-bond donors (Lipinski definition) is 1. The SMILES string of the molecule is CC(C#N)C(=O)NC1CCCC1(C)C. The topological polar surface area (TPSA) is 52.9 Å². The number of nitriles is 1. The summed E-state index contributed by atoms with van der Waals surface area (Å²) in [5.41, 5.74) is 0.185. The molecular formula is C11H18N2O. The Morgan fingerprint density at radius 2 is 2.29 bits per heavy atom. The Hall–Kier alpha value is -1.04. The van der Waals surface area contributed by atoms with E-state index in [1.165, 1.54) is 6.42 Å². The number of nitrogens with zero attached hydrogens (tertiary/aromatic N) is 1. The van der Waals surface area contributed by atoms with Crippen molar-refractivity contribution in [2.45, 2.75) is 46.1 Å². The smallest absolute Gasteiger partial charge is 0.237 e. The van der Waals surface area contributed by atoms with E-state index in [1.54, 1.807) is 6.92 Å². The zero-order valence-corrected chi connectivity index (χ0v) is 9.13. The Kier molecular flexibility index (Phi) is 3.15. The standard InChI is InChI=1S/C11H18N2O/c1-8(7-12)10(14)13-9-5-4-6-11(9,2)3/h8-9H,4-6H2,1-3H3,(H,13,14). The Labute approximate surface area is 85.5 Å². The summed E-state index contributed by atoms with van der Waals surface area (Å²) in [6.07, 6.45) is 3.36. The van der Waals surface area contributed by atoms with E-state index in [9.17, 15) is 4.79 Å². The second-order valence-electron chi connectivity index (χ2n) is 4.79. The molecule has 0 spiro atoms. The fraction of sp³-hybridized carbons (Fsp3) is 0.818. The highest BCUT2D eigenvalue weighted by Crippen LogP contribution is 2.37. The van der Waals surface area contributed by atoms with Crippen LogP contribution in [0.25, 0.3) is 0 Å². The second-order valence-corrected chi connectivity index (χ2v) is 4.79. The van der Waals surface area contributed by atoms with Crippen LogP contribution < -0.4 is 5.32 Å². The molecule has 0 aromatic heterocycles. The molecule has 1 rings (SSSR count). The molecule has 0 saturated heterocycles. The van der Waals surface area contributed by atoms with Gasteiger partial charge in [-0.2, -0.15) is 5.26 Å². The van der Waals surface area contributed by atoms with Gasteiger partial charge >= 0.3 is 0 Å². The lowest BCUT2D eigenvalue weighted by molar-refractivity contribution is -0.124. The van der Waals surface area contributed by atoms with Crippen LogP contribution in [0, 0.1) is 22.7 Å². The summed E-state index contributed by atoms with van der Waals surface area (Å²) >= 11 is 0. The van der Waals surface area contributed by atoms with Crippen LogP contribution in [-0.2, 0) is 4.79 Å². The lowest BCUT2D eigenvalue weighted by Crippen LogP contribution is -2.43. The third kappa shape index (κ3) is 2.25. The van der Waals surface area contributed by atoms with Crippen molar-refractivity contribution in [3.63, 3.8) is 0 Å². The first-order valence-electron chi connectivity index (χ1n) is 5.17. The lowest BCUT2D eigenvalue weighted by atomic mass is 9.87. The highest BCUT2D eigenvalue weighted by atomic mass is 16.1. The monoisotopic (exact) mass is 194 g/mol. The molecule has 0 aromatic carbocycles. The number of nitrogens with one attached hydrogen (secondary N) is 1.